The van der Waals surface area contributed by atoms with E-state index in [1.165, 1.54) is 12.8 Å². The zero-order valence-corrected chi connectivity index (χ0v) is 13.9. The minimum atomic E-state index is -0.0647. The van der Waals surface area contributed by atoms with Crippen molar-refractivity contribution in [3.8, 4) is 0 Å². The number of nitrogens with zero attached hydrogens (tertiary/aromatic N) is 5. The topological polar surface area (TPSA) is 75.9 Å². The fraction of sp³-hybridized carbons (Fsp3) is 0.529. The molecule has 1 saturated carbocycles. The van der Waals surface area contributed by atoms with Gasteiger partial charge in [-0.2, -0.15) is 10.2 Å². The first-order chi connectivity index (χ1) is 11.7. The van der Waals surface area contributed by atoms with E-state index in [1.807, 2.05) is 7.05 Å². The van der Waals surface area contributed by atoms with Crippen molar-refractivity contribution in [1.29, 1.82) is 0 Å². The Bertz CT molecular complexity index is 721. The molecule has 1 saturated heterocycles. The standard InChI is InChI=1S/C17H22N6O/c1-22-10-13(9-18-22)17(24)19-14-3-2-8-23(11-14)16-7-6-15(20-21-16)12-4-5-12/h6-7,9-10,12,14H,2-5,8,11H2,1H3,(H,19,24). The summed E-state index contributed by atoms with van der Waals surface area (Å²) in [6.45, 7) is 1.72. The lowest BCUT2D eigenvalue weighted by Gasteiger charge is -2.33. The second kappa shape index (κ2) is 6.22. The van der Waals surface area contributed by atoms with Gasteiger partial charge < -0.3 is 10.2 Å². The third-order valence-corrected chi connectivity index (χ3v) is 4.71. The molecule has 7 heteroatoms. The predicted octanol–water partition coefficient (Wildman–Crippen LogP) is 1.49. The number of hydrogen-bond donors (Lipinski definition) is 1. The van der Waals surface area contributed by atoms with Gasteiger partial charge >= 0.3 is 0 Å². The molecule has 7 nitrogen and oxygen atoms in total. The number of nitrogens with one attached hydrogen (secondary N) is 1. The number of piperidine rings is 1. The van der Waals surface area contributed by atoms with Crippen LogP contribution in [0, 0.1) is 0 Å². The lowest BCUT2D eigenvalue weighted by Crippen LogP contribution is -2.48. The summed E-state index contributed by atoms with van der Waals surface area (Å²) in [5, 5.41) is 15.9. The number of carbonyl (C=O) groups excluding carboxylic acids is 1. The molecule has 2 aliphatic rings. The van der Waals surface area contributed by atoms with E-state index in [-0.39, 0.29) is 11.9 Å². The summed E-state index contributed by atoms with van der Waals surface area (Å²) in [6.07, 6.45) is 7.82. The van der Waals surface area contributed by atoms with Crippen molar-refractivity contribution < 1.29 is 4.79 Å². The van der Waals surface area contributed by atoms with E-state index in [0.717, 1.165) is 37.4 Å². The highest BCUT2D eigenvalue weighted by molar-refractivity contribution is 5.93. The Kier molecular flexibility index (Phi) is 3.92. The molecule has 0 radical (unpaired) electrons. The van der Waals surface area contributed by atoms with Crippen molar-refractivity contribution in [3.63, 3.8) is 0 Å². The summed E-state index contributed by atoms with van der Waals surface area (Å²) in [7, 11) is 1.81. The zero-order chi connectivity index (χ0) is 16.5. The van der Waals surface area contributed by atoms with Crippen molar-refractivity contribution in [2.24, 2.45) is 7.05 Å². The fourth-order valence-electron chi connectivity index (χ4n) is 3.21. The molecule has 126 valence electrons. The van der Waals surface area contributed by atoms with Crippen LogP contribution in [-0.2, 0) is 7.05 Å². The Hall–Kier alpha value is -2.44. The Balaban J connectivity index is 1.38. The smallest absolute Gasteiger partial charge is 0.254 e. The highest BCUT2D eigenvalue weighted by atomic mass is 16.1. The van der Waals surface area contributed by atoms with Gasteiger partial charge in [0, 0.05) is 38.3 Å². The summed E-state index contributed by atoms with van der Waals surface area (Å²) >= 11 is 0. The van der Waals surface area contributed by atoms with Crippen LogP contribution in [0.1, 0.15) is 47.7 Å². The molecule has 1 unspecified atom stereocenters. The number of rotatable bonds is 4. The molecule has 1 aliphatic carbocycles. The van der Waals surface area contributed by atoms with Crippen LogP contribution < -0.4 is 10.2 Å². The summed E-state index contributed by atoms with van der Waals surface area (Å²) < 4.78 is 1.64. The van der Waals surface area contributed by atoms with Gasteiger partial charge in [0.2, 0.25) is 0 Å². The minimum absolute atomic E-state index is 0.0647. The van der Waals surface area contributed by atoms with Crippen LogP contribution in [0.15, 0.2) is 24.5 Å². The van der Waals surface area contributed by atoms with Gasteiger partial charge in [0.25, 0.3) is 5.91 Å². The molecular weight excluding hydrogens is 304 g/mol. The normalized spacial score (nSPS) is 20.9. The Morgan fingerprint density at radius 1 is 1.25 bits per heavy atom. The van der Waals surface area contributed by atoms with E-state index in [9.17, 15) is 4.79 Å². The SMILES string of the molecule is Cn1cc(C(=O)NC2CCCN(c3ccc(C4CC4)nn3)C2)cn1. The van der Waals surface area contributed by atoms with Crippen molar-refractivity contribution in [1.82, 2.24) is 25.3 Å². The highest BCUT2D eigenvalue weighted by Gasteiger charge is 2.27. The van der Waals surface area contributed by atoms with Crippen LogP contribution in [0.4, 0.5) is 5.82 Å². The van der Waals surface area contributed by atoms with E-state index in [1.54, 1.807) is 17.1 Å². The van der Waals surface area contributed by atoms with Crippen molar-refractivity contribution in [2.75, 3.05) is 18.0 Å². The second-order valence-electron chi connectivity index (χ2n) is 6.75. The van der Waals surface area contributed by atoms with Crippen molar-refractivity contribution >= 4 is 11.7 Å². The average Bonchev–Trinajstić information content (AvgIpc) is 3.36. The van der Waals surface area contributed by atoms with Crippen LogP contribution in [-0.4, -0.2) is 45.0 Å². The third-order valence-electron chi connectivity index (χ3n) is 4.71. The second-order valence-corrected chi connectivity index (χ2v) is 6.75. The third kappa shape index (κ3) is 3.25. The van der Waals surface area contributed by atoms with Gasteiger partial charge in [0.05, 0.1) is 17.5 Å². The fourth-order valence-corrected chi connectivity index (χ4v) is 3.21. The van der Waals surface area contributed by atoms with Crippen molar-refractivity contribution in [3.05, 3.63) is 35.8 Å². The number of hydrogen-bond acceptors (Lipinski definition) is 5. The lowest BCUT2D eigenvalue weighted by molar-refractivity contribution is 0.0933. The van der Waals surface area contributed by atoms with Crippen LogP contribution in [0.5, 0.6) is 0 Å². The number of carbonyl (C=O) groups is 1. The molecule has 24 heavy (non-hydrogen) atoms. The number of aryl methyl sites for hydroxylation is 1. The maximum atomic E-state index is 12.3. The average molecular weight is 326 g/mol. The van der Waals surface area contributed by atoms with Gasteiger partial charge in [0.1, 0.15) is 0 Å². The number of amides is 1. The molecule has 2 fully saturated rings. The molecule has 2 aromatic rings. The van der Waals surface area contributed by atoms with Gasteiger partial charge in [-0.3, -0.25) is 9.48 Å². The minimum Gasteiger partial charge on any atom is -0.353 e. The first kappa shape index (κ1) is 15.1. The molecule has 0 bridgehead atoms. The summed E-state index contributed by atoms with van der Waals surface area (Å²) in [6, 6.07) is 4.28. The molecule has 1 N–H and O–H groups in total. The zero-order valence-electron chi connectivity index (χ0n) is 13.9. The van der Waals surface area contributed by atoms with E-state index < -0.39 is 0 Å². The first-order valence-corrected chi connectivity index (χ1v) is 8.57. The van der Waals surface area contributed by atoms with Crippen molar-refractivity contribution in [2.45, 2.75) is 37.6 Å². The summed E-state index contributed by atoms with van der Waals surface area (Å²) in [4.78, 5) is 14.5. The maximum Gasteiger partial charge on any atom is 0.254 e. The highest BCUT2D eigenvalue weighted by Crippen LogP contribution is 2.38. The Labute approximate surface area is 141 Å². The van der Waals surface area contributed by atoms with E-state index in [2.05, 4.69) is 37.6 Å². The Morgan fingerprint density at radius 3 is 2.79 bits per heavy atom. The molecule has 1 atom stereocenters. The number of anilines is 1. The largest absolute Gasteiger partial charge is 0.353 e. The molecule has 0 aromatic carbocycles. The van der Waals surface area contributed by atoms with Gasteiger partial charge in [-0.15, -0.1) is 5.10 Å². The van der Waals surface area contributed by atoms with Crippen LogP contribution >= 0.6 is 0 Å². The van der Waals surface area contributed by atoms with Gasteiger partial charge in [0.15, 0.2) is 5.82 Å². The first-order valence-electron chi connectivity index (χ1n) is 8.57. The molecule has 2 aromatic heterocycles. The van der Waals surface area contributed by atoms with Gasteiger partial charge in [-0.05, 0) is 37.8 Å². The van der Waals surface area contributed by atoms with Crippen LogP contribution in [0.2, 0.25) is 0 Å². The maximum absolute atomic E-state index is 12.3. The van der Waals surface area contributed by atoms with Gasteiger partial charge in [-0.25, -0.2) is 0 Å². The summed E-state index contributed by atoms with van der Waals surface area (Å²) in [5.41, 5.74) is 1.71. The monoisotopic (exact) mass is 326 g/mol. The van der Waals surface area contributed by atoms with Crippen LogP contribution in [0.25, 0.3) is 0 Å². The summed E-state index contributed by atoms with van der Waals surface area (Å²) in [5.74, 6) is 1.46. The lowest BCUT2D eigenvalue weighted by atomic mass is 10.1. The molecule has 1 aliphatic heterocycles. The molecule has 0 spiro atoms. The predicted molar refractivity (Wildman–Crippen MR) is 89.9 cm³/mol. The molecular formula is C17H22N6O. The van der Waals surface area contributed by atoms with E-state index >= 15 is 0 Å². The van der Waals surface area contributed by atoms with Gasteiger partial charge in [-0.1, -0.05) is 0 Å². The molecule has 3 heterocycles. The molecule has 1 amide bonds. The number of aromatic nitrogens is 4. The van der Waals surface area contributed by atoms with E-state index in [4.69, 9.17) is 0 Å². The van der Waals surface area contributed by atoms with E-state index in [0.29, 0.717) is 11.5 Å². The molecule has 4 rings (SSSR count). The Morgan fingerprint density at radius 2 is 2.12 bits per heavy atom. The van der Waals surface area contributed by atoms with Crippen LogP contribution in [0.3, 0.4) is 0 Å². The quantitative estimate of drug-likeness (QED) is 0.921.